The molecular weight excluding hydrogens is 230 g/mol. The van der Waals surface area contributed by atoms with Gasteiger partial charge in [0.25, 0.3) is 0 Å². The third-order valence-corrected chi connectivity index (χ3v) is 2.98. The number of hydrogen-bond donors (Lipinski definition) is 2. The molecule has 0 saturated carbocycles. The second-order valence-corrected chi connectivity index (χ2v) is 4.36. The Morgan fingerprint density at radius 1 is 1.75 bits per heavy atom. The summed E-state index contributed by atoms with van der Waals surface area (Å²) in [6, 6.07) is 0. The Kier molecular flexibility index (Phi) is 4.36. The summed E-state index contributed by atoms with van der Waals surface area (Å²) >= 11 is 1.08. The Balaban J connectivity index is 2.55. The van der Waals surface area contributed by atoms with E-state index in [-0.39, 0.29) is 12.3 Å². The summed E-state index contributed by atoms with van der Waals surface area (Å²) in [4.78, 5) is 21.6. The van der Waals surface area contributed by atoms with Crippen LogP contribution in [0.4, 0.5) is 0 Å². The van der Waals surface area contributed by atoms with Gasteiger partial charge in [-0.2, -0.15) is 5.10 Å². The molecule has 88 valence electrons. The van der Waals surface area contributed by atoms with E-state index in [1.807, 2.05) is 19.9 Å². The lowest BCUT2D eigenvalue weighted by molar-refractivity contribution is -0.305. The fourth-order valence-electron chi connectivity index (χ4n) is 0.947. The first-order valence-corrected chi connectivity index (χ1v) is 5.55. The van der Waals surface area contributed by atoms with Crippen LogP contribution in [0.3, 0.4) is 0 Å². The van der Waals surface area contributed by atoms with E-state index in [1.54, 1.807) is 0 Å². The predicted molar refractivity (Wildman–Crippen MR) is 59.1 cm³/mol. The lowest BCUT2D eigenvalue weighted by atomic mass is 10.3. The number of carbonyl (C=O) groups excluding carboxylic acids is 2. The van der Waals surface area contributed by atoms with Crippen LogP contribution in [0, 0.1) is 0 Å². The number of rotatable bonds is 4. The third kappa shape index (κ3) is 3.58. The van der Waals surface area contributed by atoms with Gasteiger partial charge in [0.2, 0.25) is 5.91 Å². The van der Waals surface area contributed by atoms with Crippen LogP contribution in [0.25, 0.3) is 0 Å². The van der Waals surface area contributed by atoms with Crippen molar-refractivity contribution in [2.75, 3.05) is 0 Å². The lowest BCUT2D eigenvalue weighted by Crippen LogP contribution is -2.31. The van der Waals surface area contributed by atoms with E-state index in [0.717, 1.165) is 17.5 Å². The molecule has 0 spiro atoms. The summed E-state index contributed by atoms with van der Waals surface area (Å²) in [6.07, 6.45) is 1.52. The SMILES string of the molecule is CC=C(C)NN=C1NC(=O)C(CC(=O)[O-])S1. The molecule has 0 aromatic heterocycles. The van der Waals surface area contributed by atoms with Gasteiger partial charge in [0.1, 0.15) is 0 Å². The summed E-state index contributed by atoms with van der Waals surface area (Å²) in [5, 5.41) is 16.5. The maximum Gasteiger partial charge on any atom is 0.239 e. The highest BCUT2D eigenvalue weighted by molar-refractivity contribution is 8.15. The van der Waals surface area contributed by atoms with Crippen LogP contribution in [0.15, 0.2) is 16.9 Å². The number of thioether (sulfide) groups is 1. The minimum absolute atomic E-state index is 0.307. The number of hydrazone groups is 1. The first-order valence-electron chi connectivity index (χ1n) is 4.67. The first-order chi connectivity index (χ1) is 7.52. The second kappa shape index (κ2) is 5.55. The van der Waals surface area contributed by atoms with Gasteiger partial charge in [-0.05, 0) is 13.8 Å². The summed E-state index contributed by atoms with van der Waals surface area (Å²) in [5.41, 5.74) is 3.56. The van der Waals surface area contributed by atoms with Crippen molar-refractivity contribution in [1.29, 1.82) is 0 Å². The molecule has 0 aromatic rings. The van der Waals surface area contributed by atoms with Crippen LogP contribution in [0.5, 0.6) is 0 Å². The molecule has 2 N–H and O–H groups in total. The zero-order valence-electron chi connectivity index (χ0n) is 8.94. The highest BCUT2D eigenvalue weighted by Crippen LogP contribution is 2.21. The molecule has 7 heteroatoms. The van der Waals surface area contributed by atoms with E-state index < -0.39 is 11.2 Å². The van der Waals surface area contributed by atoms with Crippen molar-refractivity contribution in [2.24, 2.45) is 5.10 Å². The molecule has 1 amide bonds. The number of allylic oxidation sites excluding steroid dienone is 2. The van der Waals surface area contributed by atoms with Crippen molar-refractivity contribution >= 4 is 28.8 Å². The number of amidine groups is 1. The molecule has 1 atom stereocenters. The van der Waals surface area contributed by atoms with Crippen LogP contribution >= 0.6 is 11.8 Å². The molecule has 16 heavy (non-hydrogen) atoms. The molecule has 0 aliphatic carbocycles. The van der Waals surface area contributed by atoms with Crippen molar-refractivity contribution in [1.82, 2.24) is 10.7 Å². The number of amides is 1. The number of carbonyl (C=O) groups is 2. The zero-order valence-corrected chi connectivity index (χ0v) is 9.76. The van der Waals surface area contributed by atoms with Crippen LogP contribution in [-0.4, -0.2) is 22.3 Å². The average molecular weight is 242 g/mol. The zero-order chi connectivity index (χ0) is 12.1. The van der Waals surface area contributed by atoms with E-state index in [0.29, 0.717) is 5.17 Å². The largest absolute Gasteiger partial charge is 0.550 e. The topological polar surface area (TPSA) is 93.6 Å². The van der Waals surface area contributed by atoms with Gasteiger partial charge in [-0.15, -0.1) is 0 Å². The van der Waals surface area contributed by atoms with Crippen molar-refractivity contribution < 1.29 is 14.7 Å². The van der Waals surface area contributed by atoms with Crippen LogP contribution < -0.4 is 15.8 Å². The van der Waals surface area contributed by atoms with Gasteiger partial charge >= 0.3 is 0 Å². The number of nitrogens with zero attached hydrogens (tertiary/aromatic N) is 1. The van der Waals surface area contributed by atoms with Gasteiger partial charge < -0.3 is 15.2 Å². The molecule has 1 saturated heterocycles. The summed E-state index contributed by atoms with van der Waals surface area (Å²) in [5.74, 6) is -1.60. The molecule has 1 heterocycles. The Hall–Kier alpha value is -1.50. The fraction of sp³-hybridized carbons (Fsp3) is 0.444. The molecule has 1 fully saturated rings. The Morgan fingerprint density at radius 3 is 3.00 bits per heavy atom. The smallest absolute Gasteiger partial charge is 0.239 e. The molecule has 6 nitrogen and oxygen atoms in total. The summed E-state index contributed by atoms with van der Waals surface area (Å²) < 4.78 is 0. The predicted octanol–water partition coefficient (Wildman–Crippen LogP) is -0.858. The van der Waals surface area contributed by atoms with E-state index in [2.05, 4.69) is 15.8 Å². The van der Waals surface area contributed by atoms with Crippen molar-refractivity contribution in [3.05, 3.63) is 11.8 Å². The summed E-state index contributed by atoms with van der Waals surface area (Å²) in [6.45, 7) is 3.67. The maximum atomic E-state index is 11.3. The van der Waals surface area contributed by atoms with Gasteiger partial charge in [0, 0.05) is 18.1 Å². The molecule has 1 aliphatic rings. The molecule has 0 aromatic carbocycles. The molecule has 1 aliphatic heterocycles. The number of aliphatic carboxylic acids is 1. The van der Waals surface area contributed by atoms with Gasteiger partial charge in [-0.3, -0.25) is 10.2 Å². The van der Waals surface area contributed by atoms with Crippen LogP contribution in [0.1, 0.15) is 20.3 Å². The normalized spacial score (nSPS) is 23.4. The standard InChI is InChI=1S/C9H13N3O3S/c1-3-5(2)11-12-9-10-8(15)6(16-9)4-7(13)14/h3,6,11H,4H2,1-2H3,(H,13,14)(H,10,12,15)/p-1. The van der Waals surface area contributed by atoms with Crippen molar-refractivity contribution in [2.45, 2.75) is 25.5 Å². The monoisotopic (exact) mass is 242 g/mol. The highest BCUT2D eigenvalue weighted by atomic mass is 32.2. The van der Waals surface area contributed by atoms with E-state index >= 15 is 0 Å². The van der Waals surface area contributed by atoms with E-state index in [1.165, 1.54) is 0 Å². The second-order valence-electron chi connectivity index (χ2n) is 3.17. The minimum atomic E-state index is -1.24. The quantitative estimate of drug-likeness (QED) is 0.626. The molecule has 0 radical (unpaired) electrons. The highest BCUT2D eigenvalue weighted by Gasteiger charge is 2.30. The van der Waals surface area contributed by atoms with Gasteiger partial charge in [0.15, 0.2) is 5.17 Å². The van der Waals surface area contributed by atoms with E-state index in [4.69, 9.17) is 0 Å². The Morgan fingerprint density at radius 2 is 2.44 bits per heavy atom. The number of carboxylic acids is 1. The third-order valence-electron chi connectivity index (χ3n) is 1.90. The molecule has 0 bridgehead atoms. The number of nitrogens with one attached hydrogen (secondary N) is 2. The molecule has 1 rings (SSSR count). The van der Waals surface area contributed by atoms with Crippen molar-refractivity contribution in [3.8, 4) is 0 Å². The van der Waals surface area contributed by atoms with Crippen molar-refractivity contribution in [3.63, 3.8) is 0 Å². The average Bonchev–Trinajstić information content (AvgIpc) is 2.55. The fourth-order valence-corrected chi connectivity index (χ4v) is 1.86. The minimum Gasteiger partial charge on any atom is -0.550 e. The molecular formula is C9H12N3O3S-. The Labute approximate surface area is 97.2 Å². The van der Waals surface area contributed by atoms with Crippen LogP contribution in [-0.2, 0) is 9.59 Å². The van der Waals surface area contributed by atoms with Gasteiger partial charge in [-0.25, -0.2) is 0 Å². The van der Waals surface area contributed by atoms with Gasteiger partial charge in [0.05, 0.1) is 5.25 Å². The molecule has 1 unspecified atom stereocenters. The maximum absolute atomic E-state index is 11.3. The van der Waals surface area contributed by atoms with Gasteiger partial charge in [-0.1, -0.05) is 17.8 Å². The Bertz CT molecular complexity index is 365. The number of carboxylic acid groups (broad SMARTS) is 1. The van der Waals surface area contributed by atoms with Crippen LogP contribution in [0.2, 0.25) is 0 Å². The summed E-state index contributed by atoms with van der Waals surface area (Å²) in [7, 11) is 0. The number of hydrogen-bond acceptors (Lipinski definition) is 6. The first kappa shape index (κ1) is 12.6. The van der Waals surface area contributed by atoms with E-state index in [9.17, 15) is 14.7 Å². The lowest BCUT2D eigenvalue weighted by Gasteiger charge is -2.04.